The summed E-state index contributed by atoms with van der Waals surface area (Å²) in [7, 11) is 0. The molecular weight excluding hydrogens is 310 g/mol. The first-order valence-electron chi connectivity index (χ1n) is 8.22. The second-order valence-corrected chi connectivity index (χ2v) is 6.61. The van der Waals surface area contributed by atoms with E-state index in [1.165, 1.54) is 0 Å². The molecule has 0 aromatic carbocycles. The van der Waals surface area contributed by atoms with E-state index in [-0.39, 0.29) is 24.6 Å². The highest BCUT2D eigenvalue weighted by Gasteiger charge is 2.31. The lowest BCUT2D eigenvalue weighted by Gasteiger charge is -2.34. The van der Waals surface area contributed by atoms with Gasteiger partial charge in [-0.3, -0.25) is 4.79 Å². The number of piperidine rings is 1. The van der Waals surface area contributed by atoms with Gasteiger partial charge in [0.05, 0.1) is 12.0 Å². The van der Waals surface area contributed by atoms with Crippen molar-refractivity contribution < 1.29 is 19.4 Å². The van der Waals surface area contributed by atoms with Crippen LogP contribution in [0.2, 0.25) is 0 Å². The Morgan fingerprint density at radius 1 is 1.42 bits per heavy atom. The van der Waals surface area contributed by atoms with Gasteiger partial charge in [-0.25, -0.2) is 9.78 Å². The maximum Gasteiger partial charge on any atom is 0.317 e. The monoisotopic (exact) mass is 335 g/mol. The number of ether oxygens (including phenoxy) is 1. The summed E-state index contributed by atoms with van der Waals surface area (Å²) in [6.45, 7) is 7.00. The van der Waals surface area contributed by atoms with Crippen molar-refractivity contribution in [1.29, 1.82) is 0 Å². The van der Waals surface area contributed by atoms with Crippen molar-refractivity contribution in [2.24, 2.45) is 11.8 Å². The van der Waals surface area contributed by atoms with E-state index in [1.807, 2.05) is 26.8 Å². The number of hydrogen-bond donors (Lipinski definition) is 2. The number of carboxylic acid groups (broad SMARTS) is 1. The van der Waals surface area contributed by atoms with Crippen LogP contribution in [0, 0.1) is 11.8 Å². The molecule has 2 unspecified atom stereocenters. The Hall–Kier alpha value is -2.31. The molecule has 1 aromatic rings. The predicted octanol–water partition coefficient (Wildman–Crippen LogP) is 2.12. The summed E-state index contributed by atoms with van der Waals surface area (Å²) < 4.78 is 5.47. The van der Waals surface area contributed by atoms with Gasteiger partial charge in [0.2, 0.25) is 5.88 Å². The molecule has 1 aromatic heterocycles. The number of carboxylic acids is 1. The van der Waals surface area contributed by atoms with E-state index in [1.54, 1.807) is 17.2 Å². The molecule has 2 atom stereocenters. The zero-order valence-corrected chi connectivity index (χ0v) is 14.4. The minimum Gasteiger partial charge on any atom is -0.481 e. The topological polar surface area (TPSA) is 91.8 Å². The molecule has 24 heavy (non-hydrogen) atoms. The van der Waals surface area contributed by atoms with Gasteiger partial charge in [-0.1, -0.05) is 13.0 Å². The van der Waals surface area contributed by atoms with Crippen molar-refractivity contribution in [3.63, 3.8) is 0 Å². The number of pyridine rings is 1. The van der Waals surface area contributed by atoms with Crippen LogP contribution in [0.1, 0.15) is 32.8 Å². The Kier molecular flexibility index (Phi) is 6.00. The van der Waals surface area contributed by atoms with E-state index in [4.69, 9.17) is 4.74 Å². The summed E-state index contributed by atoms with van der Waals surface area (Å²) in [6.07, 6.45) is 2.34. The van der Waals surface area contributed by atoms with Crippen molar-refractivity contribution in [2.45, 2.75) is 39.8 Å². The van der Waals surface area contributed by atoms with Crippen LogP contribution >= 0.6 is 0 Å². The number of nitrogens with zero attached hydrogens (tertiary/aromatic N) is 2. The fraction of sp³-hybridized carbons (Fsp3) is 0.588. The lowest BCUT2D eigenvalue weighted by Crippen LogP contribution is -2.49. The summed E-state index contributed by atoms with van der Waals surface area (Å²) in [5, 5.41) is 12.0. The third-order valence-corrected chi connectivity index (χ3v) is 3.89. The number of nitrogens with one attached hydrogen (secondary N) is 1. The average molecular weight is 335 g/mol. The van der Waals surface area contributed by atoms with Gasteiger partial charge in [0.15, 0.2) is 0 Å². The Labute approximate surface area is 142 Å². The number of carbonyl (C=O) groups excluding carboxylic acids is 1. The fourth-order valence-electron chi connectivity index (χ4n) is 2.81. The third-order valence-electron chi connectivity index (χ3n) is 3.89. The summed E-state index contributed by atoms with van der Waals surface area (Å²) in [5.41, 5.74) is 0.860. The normalized spacial score (nSPS) is 20.8. The molecule has 1 aliphatic rings. The van der Waals surface area contributed by atoms with Gasteiger partial charge in [-0.15, -0.1) is 0 Å². The smallest absolute Gasteiger partial charge is 0.317 e. The van der Waals surface area contributed by atoms with Gasteiger partial charge in [0, 0.05) is 31.9 Å². The summed E-state index contributed by atoms with van der Waals surface area (Å²) in [5.74, 6) is -0.605. The van der Waals surface area contributed by atoms with Gasteiger partial charge in [0.25, 0.3) is 0 Å². The van der Waals surface area contributed by atoms with Crippen LogP contribution in [-0.4, -0.2) is 46.2 Å². The van der Waals surface area contributed by atoms with E-state index in [0.29, 0.717) is 25.4 Å². The number of hydrogen-bond acceptors (Lipinski definition) is 4. The number of aromatic nitrogens is 1. The third kappa shape index (κ3) is 5.11. The van der Waals surface area contributed by atoms with Crippen molar-refractivity contribution in [3.05, 3.63) is 23.9 Å². The predicted molar refractivity (Wildman–Crippen MR) is 88.7 cm³/mol. The van der Waals surface area contributed by atoms with E-state index in [0.717, 1.165) is 5.56 Å². The van der Waals surface area contributed by atoms with Crippen molar-refractivity contribution in [3.8, 4) is 5.88 Å². The lowest BCUT2D eigenvalue weighted by atomic mass is 9.91. The van der Waals surface area contributed by atoms with E-state index >= 15 is 0 Å². The maximum absolute atomic E-state index is 12.3. The minimum atomic E-state index is -0.843. The highest BCUT2D eigenvalue weighted by Crippen LogP contribution is 2.21. The largest absolute Gasteiger partial charge is 0.481 e. The number of carbonyl (C=O) groups is 2. The molecule has 1 fully saturated rings. The van der Waals surface area contributed by atoms with Crippen molar-refractivity contribution in [2.75, 3.05) is 13.1 Å². The lowest BCUT2D eigenvalue weighted by molar-refractivity contribution is -0.143. The van der Waals surface area contributed by atoms with Crippen LogP contribution in [0.3, 0.4) is 0 Å². The van der Waals surface area contributed by atoms with Gasteiger partial charge in [0.1, 0.15) is 0 Å². The van der Waals surface area contributed by atoms with Crippen molar-refractivity contribution in [1.82, 2.24) is 15.2 Å². The summed E-state index contributed by atoms with van der Waals surface area (Å²) in [4.78, 5) is 29.2. The highest BCUT2D eigenvalue weighted by molar-refractivity contribution is 5.76. The molecular formula is C17H25N3O4. The molecule has 0 spiro atoms. The molecule has 2 N–H and O–H groups in total. The van der Waals surface area contributed by atoms with Crippen LogP contribution in [0.4, 0.5) is 4.79 Å². The Morgan fingerprint density at radius 2 is 2.17 bits per heavy atom. The zero-order chi connectivity index (χ0) is 17.7. The van der Waals surface area contributed by atoms with Crippen LogP contribution < -0.4 is 10.1 Å². The van der Waals surface area contributed by atoms with Gasteiger partial charge in [-0.05, 0) is 31.7 Å². The molecule has 132 valence electrons. The first-order chi connectivity index (χ1) is 11.3. The van der Waals surface area contributed by atoms with E-state index in [9.17, 15) is 14.7 Å². The highest BCUT2D eigenvalue weighted by atomic mass is 16.5. The zero-order valence-electron chi connectivity index (χ0n) is 14.4. The Balaban J connectivity index is 1.87. The molecule has 0 bridgehead atoms. The standard InChI is InChI=1S/C17H25N3O4/c1-11(2)24-15-5-4-13(7-18-15)8-19-17(23)20-9-12(3)6-14(10-20)16(21)22/h4-5,7,11-12,14H,6,8-10H2,1-3H3,(H,19,23)(H,21,22). The van der Waals surface area contributed by atoms with Crippen LogP contribution in [0.5, 0.6) is 5.88 Å². The first kappa shape index (κ1) is 18.0. The molecule has 2 amide bonds. The molecule has 7 nitrogen and oxygen atoms in total. The van der Waals surface area contributed by atoms with Gasteiger partial charge in [-0.2, -0.15) is 0 Å². The van der Waals surface area contributed by atoms with E-state index < -0.39 is 11.9 Å². The summed E-state index contributed by atoms with van der Waals surface area (Å²) >= 11 is 0. The molecule has 7 heteroatoms. The Morgan fingerprint density at radius 3 is 2.75 bits per heavy atom. The van der Waals surface area contributed by atoms with Crippen LogP contribution in [0.15, 0.2) is 18.3 Å². The van der Waals surface area contributed by atoms with Gasteiger partial charge >= 0.3 is 12.0 Å². The molecule has 1 saturated heterocycles. The molecule has 2 heterocycles. The second-order valence-electron chi connectivity index (χ2n) is 6.61. The average Bonchev–Trinajstić information content (AvgIpc) is 2.52. The molecule has 0 aliphatic carbocycles. The second kappa shape index (κ2) is 7.99. The number of urea groups is 1. The first-order valence-corrected chi connectivity index (χ1v) is 8.22. The van der Waals surface area contributed by atoms with Gasteiger partial charge < -0.3 is 20.1 Å². The number of amides is 2. The summed E-state index contributed by atoms with van der Waals surface area (Å²) in [6, 6.07) is 3.38. The van der Waals surface area contributed by atoms with Crippen LogP contribution in [0.25, 0.3) is 0 Å². The van der Waals surface area contributed by atoms with Crippen LogP contribution in [-0.2, 0) is 11.3 Å². The van der Waals surface area contributed by atoms with E-state index in [2.05, 4.69) is 10.3 Å². The molecule has 0 radical (unpaired) electrons. The number of aliphatic carboxylic acids is 1. The fourth-order valence-corrected chi connectivity index (χ4v) is 2.81. The maximum atomic E-state index is 12.3. The molecule has 1 aliphatic heterocycles. The SMILES string of the molecule is CC1CC(C(=O)O)CN(C(=O)NCc2ccc(OC(C)C)nc2)C1. The number of likely N-dealkylation sites (tertiary alicyclic amines) is 1. The molecule has 0 saturated carbocycles. The van der Waals surface area contributed by atoms with Crippen molar-refractivity contribution >= 4 is 12.0 Å². The minimum absolute atomic E-state index is 0.0614. The number of rotatable bonds is 5. The molecule has 2 rings (SSSR count). The Bertz CT molecular complexity index is 574. The quantitative estimate of drug-likeness (QED) is 0.860.